The maximum absolute atomic E-state index is 13.5. The van der Waals surface area contributed by atoms with E-state index in [9.17, 15) is 19.2 Å². The van der Waals surface area contributed by atoms with Crippen LogP contribution in [0.5, 0.6) is 0 Å². The van der Waals surface area contributed by atoms with Crippen molar-refractivity contribution in [3.8, 4) is 0 Å². The zero-order valence-electron chi connectivity index (χ0n) is 34.4. The van der Waals surface area contributed by atoms with Gasteiger partial charge < -0.3 is 32.3 Å². The summed E-state index contributed by atoms with van der Waals surface area (Å²) in [6, 6.07) is 8.35. The molecule has 10 nitrogen and oxygen atoms in total. The molecule has 1 aromatic carbocycles. The lowest BCUT2D eigenvalue weighted by atomic mass is 9.70. The van der Waals surface area contributed by atoms with Gasteiger partial charge in [0.1, 0.15) is 0 Å². The largest absolute Gasteiger partial charge is 0.354 e. The van der Waals surface area contributed by atoms with E-state index < -0.39 is 12.1 Å². The molecule has 53 heavy (non-hydrogen) atoms. The fourth-order valence-corrected chi connectivity index (χ4v) is 8.68. The lowest BCUT2D eigenvalue weighted by Crippen LogP contribution is -2.53. The van der Waals surface area contributed by atoms with Crippen LogP contribution in [0.15, 0.2) is 30.3 Å². The molecule has 0 aliphatic heterocycles. The lowest BCUT2D eigenvalue weighted by Gasteiger charge is -2.36. The number of carbonyl (C=O) groups excluding carboxylic acids is 4. The second kappa shape index (κ2) is 21.8. The Bertz CT molecular complexity index is 1290. The van der Waals surface area contributed by atoms with Crippen molar-refractivity contribution in [3.05, 3.63) is 35.9 Å². The molecule has 2 fully saturated rings. The first-order valence-corrected chi connectivity index (χ1v) is 20.7. The molecule has 0 saturated heterocycles. The number of rotatable bonds is 19. The van der Waals surface area contributed by atoms with Gasteiger partial charge in [-0.25, -0.2) is 0 Å². The summed E-state index contributed by atoms with van der Waals surface area (Å²) < 4.78 is 0. The zero-order valence-corrected chi connectivity index (χ0v) is 34.4. The van der Waals surface area contributed by atoms with Gasteiger partial charge in [-0.2, -0.15) is 0 Å². The monoisotopic (exact) mass is 739 g/mol. The SMILES string of the molecule is CC(CN[C@@H](C)C(=O)N[C@H](CNC(=O)[C@@H]1C[C@H](C)CC[C@H]1C(C)C)Cc1ccccc1)C[C@@H](CNC(=O)[C@@H]1C[C@H](C)CC[C@H]1C(C)C)NC(=O)[C@H](C)N. The highest BCUT2D eigenvalue weighted by molar-refractivity contribution is 5.83. The van der Waals surface area contributed by atoms with Crippen molar-refractivity contribution < 1.29 is 19.2 Å². The first-order valence-electron chi connectivity index (χ1n) is 20.7. The van der Waals surface area contributed by atoms with Gasteiger partial charge in [0.2, 0.25) is 23.6 Å². The first-order chi connectivity index (χ1) is 25.0. The van der Waals surface area contributed by atoms with Crippen molar-refractivity contribution in [1.29, 1.82) is 0 Å². The fraction of sp³-hybridized carbons (Fsp3) is 0.767. The third-order valence-electron chi connectivity index (χ3n) is 12.0. The Labute approximate surface area is 321 Å². The summed E-state index contributed by atoms with van der Waals surface area (Å²) in [5, 5.41) is 16.0. The van der Waals surface area contributed by atoms with E-state index in [1.807, 2.05) is 37.3 Å². The second-order valence-electron chi connectivity index (χ2n) is 17.7. The number of carbonyl (C=O) groups is 4. The molecule has 10 heteroatoms. The van der Waals surface area contributed by atoms with Crippen LogP contribution in [0.4, 0.5) is 0 Å². The van der Waals surface area contributed by atoms with Crippen LogP contribution >= 0.6 is 0 Å². The number of nitrogens with two attached hydrogens (primary N) is 1. The van der Waals surface area contributed by atoms with E-state index in [0.717, 1.165) is 37.7 Å². The average Bonchev–Trinajstić information content (AvgIpc) is 3.11. The molecule has 7 N–H and O–H groups in total. The molecule has 1 aromatic rings. The third-order valence-corrected chi connectivity index (χ3v) is 12.0. The first kappa shape index (κ1) is 44.4. The highest BCUT2D eigenvalue weighted by atomic mass is 16.2. The van der Waals surface area contributed by atoms with Crippen LogP contribution in [0.1, 0.15) is 113 Å². The topological polar surface area (TPSA) is 154 Å². The van der Waals surface area contributed by atoms with Crippen molar-refractivity contribution in [2.24, 2.45) is 59.0 Å². The van der Waals surface area contributed by atoms with Gasteiger partial charge in [-0.1, -0.05) is 91.6 Å². The normalized spacial score (nSPS) is 26.2. The summed E-state index contributed by atoms with van der Waals surface area (Å²) in [6.45, 7) is 20.1. The van der Waals surface area contributed by atoms with Gasteiger partial charge in [0.25, 0.3) is 0 Å². The Morgan fingerprint density at radius 2 is 1.17 bits per heavy atom. The molecular weight excluding hydrogens is 665 g/mol. The molecule has 2 aliphatic carbocycles. The third kappa shape index (κ3) is 14.6. The summed E-state index contributed by atoms with van der Waals surface area (Å²) >= 11 is 0. The maximum Gasteiger partial charge on any atom is 0.237 e. The summed E-state index contributed by atoms with van der Waals surface area (Å²) in [7, 11) is 0. The van der Waals surface area contributed by atoms with Crippen molar-refractivity contribution in [2.75, 3.05) is 19.6 Å². The predicted octanol–water partition coefficient (Wildman–Crippen LogP) is 5.20. The van der Waals surface area contributed by atoms with E-state index in [2.05, 4.69) is 75.1 Å². The van der Waals surface area contributed by atoms with Crippen LogP contribution in [-0.2, 0) is 25.6 Å². The minimum atomic E-state index is -0.661. The summed E-state index contributed by atoms with van der Waals surface area (Å²) in [4.78, 5) is 53.2. The predicted molar refractivity (Wildman–Crippen MR) is 215 cm³/mol. The molecule has 0 bridgehead atoms. The second-order valence-corrected chi connectivity index (χ2v) is 17.7. The quantitative estimate of drug-likeness (QED) is 0.115. The summed E-state index contributed by atoms with van der Waals surface area (Å²) in [5.74, 6) is 2.53. The number of nitrogens with one attached hydrogen (secondary N) is 5. The van der Waals surface area contributed by atoms with Crippen LogP contribution in [-0.4, -0.2) is 67.4 Å². The van der Waals surface area contributed by atoms with E-state index in [0.29, 0.717) is 68.0 Å². The van der Waals surface area contributed by atoms with Gasteiger partial charge in [-0.15, -0.1) is 0 Å². The molecule has 0 spiro atoms. The average molecular weight is 739 g/mol. The molecule has 4 amide bonds. The van der Waals surface area contributed by atoms with Gasteiger partial charge in [-0.05, 0) is 106 Å². The molecule has 11 atom stereocenters. The van der Waals surface area contributed by atoms with E-state index >= 15 is 0 Å². The standard InChI is InChI=1S/C43H74N6O4/c1-26(2)36-17-15-28(5)20-38(36)42(52)46-24-34(48-40(50)31(8)44)19-30(7)23-45-32(9)41(51)49-35(22-33-13-11-10-12-14-33)25-47-43(53)39-21-29(6)16-18-37(39)27(3)4/h10-14,26-32,34-39,45H,15-25,44H2,1-9H3,(H,46,52)(H,47,53)(H,48,50)(H,49,51)/t28-,29-,30?,31+,32+,34+,35+,36+,37+,38-,39-/m1/s1. The Balaban J connectivity index is 1.58. The van der Waals surface area contributed by atoms with Gasteiger partial charge in [0, 0.05) is 31.0 Å². The van der Waals surface area contributed by atoms with Crippen LogP contribution in [0, 0.1) is 53.3 Å². The van der Waals surface area contributed by atoms with Gasteiger partial charge in [0.15, 0.2) is 0 Å². The smallest absolute Gasteiger partial charge is 0.237 e. The molecule has 2 aliphatic rings. The molecule has 3 rings (SSSR count). The van der Waals surface area contributed by atoms with Crippen molar-refractivity contribution in [3.63, 3.8) is 0 Å². The molecule has 0 aromatic heterocycles. The molecular formula is C43H74N6O4. The van der Waals surface area contributed by atoms with Crippen molar-refractivity contribution >= 4 is 23.6 Å². The lowest BCUT2D eigenvalue weighted by molar-refractivity contribution is -0.130. The molecule has 0 heterocycles. The maximum atomic E-state index is 13.5. The van der Waals surface area contributed by atoms with Gasteiger partial charge in [-0.3, -0.25) is 19.2 Å². The van der Waals surface area contributed by atoms with Crippen LogP contribution in [0.2, 0.25) is 0 Å². The van der Waals surface area contributed by atoms with Crippen molar-refractivity contribution in [1.82, 2.24) is 26.6 Å². The minimum absolute atomic E-state index is 0.00295. The van der Waals surface area contributed by atoms with E-state index in [1.54, 1.807) is 6.92 Å². The summed E-state index contributed by atoms with van der Waals surface area (Å²) in [5.41, 5.74) is 6.99. The van der Waals surface area contributed by atoms with Crippen LogP contribution in [0.25, 0.3) is 0 Å². The molecule has 1 unspecified atom stereocenters. The Kier molecular flexibility index (Phi) is 18.3. The zero-order chi connectivity index (χ0) is 39.2. The Hall–Kier alpha value is -2.98. The van der Waals surface area contributed by atoms with E-state index in [1.165, 1.54) is 6.42 Å². The number of benzene rings is 1. The Morgan fingerprint density at radius 1 is 0.679 bits per heavy atom. The molecule has 0 radical (unpaired) electrons. The van der Waals surface area contributed by atoms with Gasteiger partial charge >= 0.3 is 0 Å². The molecule has 2 saturated carbocycles. The van der Waals surface area contributed by atoms with Crippen molar-refractivity contribution in [2.45, 2.75) is 138 Å². The highest BCUT2D eigenvalue weighted by Gasteiger charge is 2.37. The number of amides is 4. The van der Waals surface area contributed by atoms with E-state index in [-0.39, 0.29) is 53.5 Å². The van der Waals surface area contributed by atoms with Crippen LogP contribution < -0.4 is 32.3 Å². The van der Waals surface area contributed by atoms with Crippen LogP contribution in [0.3, 0.4) is 0 Å². The number of hydrogen-bond donors (Lipinski definition) is 6. The summed E-state index contributed by atoms with van der Waals surface area (Å²) in [6.07, 6.45) is 7.48. The number of hydrogen-bond acceptors (Lipinski definition) is 6. The Morgan fingerprint density at radius 3 is 1.66 bits per heavy atom. The van der Waals surface area contributed by atoms with Gasteiger partial charge in [0.05, 0.1) is 18.1 Å². The van der Waals surface area contributed by atoms with E-state index in [4.69, 9.17) is 5.73 Å². The minimum Gasteiger partial charge on any atom is -0.354 e. The molecule has 300 valence electrons. The fourth-order valence-electron chi connectivity index (χ4n) is 8.68. The highest BCUT2D eigenvalue weighted by Crippen LogP contribution is 2.39.